The summed E-state index contributed by atoms with van der Waals surface area (Å²) in [6, 6.07) is 15.2. The molecule has 1 heterocycles. The van der Waals surface area contributed by atoms with E-state index in [1.54, 1.807) is 18.2 Å². The van der Waals surface area contributed by atoms with Crippen LogP contribution >= 0.6 is 11.6 Å². The number of anilines is 2. The van der Waals surface area contributed by atoms with Gasteiger partial charge in [0.15, 0.2) is 0 Å². The first-order valence-corrected chi connectivity index (χ1v) is 11.2. The molecule has 0 aliphatic heterocycles. The molecule has 1 saturated carbocycles. The third kappa shape index (κ3) is 6.99. The van der Waals surface area contributed by atoms with E-state index >= 15 is 0 Å². The summed E-state index contributed by atoms with van der Waals surface area (Å²) in [7, 11) is 0. The fraction of sp³-hybridized carbons (Fsp3) is 0.333. The van der Waals surface area contributed by atoms with Crippen LogP contribution in [0.25, 0.3) is 11.3 Å². The van der Waals surface area contributed by atoms with Crippen LogP contribution in [0.5, 0.6) is 5.75 Å². The maximum absolute atomic E-state index is 12.7. The van der Waals surface area contributed by atoms with Gasteiger partial charge in [-0.2, -0.15) is 4.98 Å². The van der Waals surface area contributed by atoms with E-state index in [0.29, 0.717) is 34.6 Å². The minimum absolute atomic E-state index is 0.273. The van der Waals surface area contributed by atoms with Gasteiger partial charge < -0.3 is 15.4 Å². The average molecular weight is 477 g/mol. The Morgan fingerprint density at radius 3 is 2.52 bits per heavy atom. The minimum atomic E-state index is -4.76. The van der Waals surface area contributed by atoms with Crippen molar-refractivity contribution >= 4 is 23.4 Å². The largest absolute Gasteiger partial charge is 0.573 e. The van der Waals surface area contributed by atoms with Crippen LogP contribution in [0.15, 0.2) is 54.6 Å². The molecular formula is C24H24ClF3N4O. The Morgan fingerprint density at radius 1 is 0.970 bits per heavy atom. The molecule has 2 N–H and O–H groups in total. The van der Waals surface area contributed by atoms with Gasteiger partial charge >= 0.3 is 6.36 Å². The van der Waals surface area contributed by atoms with Gasteiger partial charge in [0.25, 0.3) is 0 Å². The van der Waals surface area contributed by atoms with Gasteiger partial charge in [0.1, 0.15) is 11.6 Å². The first kappa shape index (κ1) is 23.2. The Kier molecular flexibility index (Phi) is 7.23. The lowest BCUT2D eigenvalue weighted by Crippen LogP contribution is -2.23. The fourth-order valence-corrected chi connectivity index (χ4v) is 4.08. The van der Waals surface area contributed by atoms with Gasteiger partial charge in [0.05, 0.1) is 5.69 Å². The van der Waals surface area contributed by atoms with Gasteiger partial charge in [0, 0.05) is 29.2 Å². The van der Waals surface area contributed by atoms with E-state index in [1.165, 1.54) is 24.6 Å². The van der Waals surface area contributed by atoms with Gasteiger partial charge in [0.2, 0.25) is 5.95 Å². The zero-order chi connectivity index (χ0) is 23.3. The molecule has 0 spiro atoms. The number of benzene rings is 2. The number of hydrogen-bond donors (Lipinski definition) is 2. The Balaban J connectivity index is 1.61. The van der Waals surface area contributed by atoms with E-state index in [1.807, 2.05) is 18.2 Å². The van der Waals surface area contributed by atoms with Crippen molar-refractivity contribution in [1.82, 2.24) is 9.97 Å². The highest BCUT2D eigenvalue weighted by atomic mass is 35.5. The summed E-state index contributed by atoms with van der Waals surface area (Å²) in [5.74, 6) is 0.699. The molecule has 3 aromatic rings. The van der Waals surface area contributed by atoms with Crippen molar-refractivity contribution in [3.8, 4) is 17.0 Å². The maximum atomic E-state index is 12.7. The minimum Gasteiger partial charge on any atom is -0.406 e. The lowest BCUT2D eigenvalue weighted by molar-refractivity contribution is -0.274. The van der Waals surface area contributed by atoms with Crippen LogP contribution in [0.1, 0.15) is 37.7 Å². The first-order chi connectivity index (χ1) is 15.8. The van der Waals surface area contributed by atoms with Gasteiger partial charge in [-0.05, 0) is 42.7 Å². The number of alkyl halides is 3. The summed E-state index contributed by atoms with van der Waals surface area (Å²) in [5.41, 5.74) is 1.96. The molecule has 2 aromatic carbocycles. The molecule has 1 aliphatic rings. The second-order valence-corrected chi connectivity index (χ2v) is 8.44. The molecule has 33 heavy (non-hydrogen) atoms. The molecule has 0 atom stereocenters. The molecule has 1 fully saturated rings. The lowest BCUT2D eigenvalue weighted by atomic mass is 9.96. The van der Waals surface area contributed by atoms with E-state index < -0.39 is 6.36 Å². The SMILES string of the molecule is FC(F)(F)Oc1cccc(-c2cc(NCc3cccc(Cl)c3)nc(NC3CCCCC3)n2)c1. The summed E-state index contributed by atoms with van der Waals surface area (Å²) < 4.78 is 42.1. The highest BCUT2D eigenvalue weighted by Gasteiger charge is 2.31. The predicted molar refractivity (Wildman–Crippen MR) is 123 cm³/mol. The first-order valence-electron chi connectivity index (χ1n) is 10.8. The predicted octanol–water partition coefficient (Wildman–Crippen LogP) is 7.05. The Bertz CT molecular complexity index is 1090. The third-order valence-electron chi connectivity index (χ3n) is 5.39. The second-order valence-electron chi connectivity index (χ2n) is 8.00. The van der Waals surface area contributed by atoms with Gasteiger partial charge in [-0.3, -0.25) is 0 Å². The number of nitrogens with one attached hydrogen (secondary N) is 2. The van der Waals surface area contributed by atoms with Crippen LogP contribution in [0, 0.1) is 0 Å². The lowest BCUT2D eigenvalue weighted by Gasteiger charge is -2.23. The summed E-state index contributed by atoms with van der Waals surface area (Å²) >= 11 is 6.07. The smallest absolute Gasteiger partial charge is 0.406 e. The third-order valence-corrected chi connectivity index (χ3v) is 5.63. The number of ether oxygens (including phenoxy) is 1. The van der Waals surface area contributed by atoms with Crippen molar-refractivity contribution in [3.05, 3.63) is 65.2 Å². The number of nitrogens with zero attached hydrogens (tertiary/aromatic N) is 2. The number of halogens is 4. The van der Waals surface area contributed by atoms with Crippen molar-refractivity contribution in [1.29, 1.82) is 0 Å². The van der Waals surface area contributed by atoms with Crippen LogP contribution in [0.2, 0.25) is 5.02 Å². The standard InChI is InChI=1S/C24H24ClF3N4O/c25-18-8-4-6-16(12-18)15-29-22-14-21(17-7-5-11-20(13-17)33-24(26,27)28)31-23(32-22)30-19-9-2-1-3-10-19/h4-8,11-14,19H,1-3,9-10,15H2,(H2,29,30,31,32). The van der Waals surface area contributed by atoms with Gasteiger partial charge in [-0.25, -0.2) is 4.98 Å². The normalized spacial score (nSPS) is 14.7. The van der Waals surface area contributed by atoms with Crippen LogP contribution in [-0.4, -0.2) is 22.4 Å². The van der Waals surface area contributed by atoms with Crippen LogP contribution < -0.4 is 15.4 Å². The molecule has 0 saturated heterocycles. The zero-order valence-electron chi connectivity index (χ0n) is 17.8. The van der Waals surface area contributed by atoms with E-state index in [2.05, 4.69) is 25.3 Å². The summed E-state index contributed by atoms with van der Waals surface area (Å²) in [6.07, 6.45) is 0.822. The van der Waals surface area contributed by atoms with Crippen LogP contribution in [0.3, 0.4) is 0 Å². The topological polar surface area (TPSA) is 59.1 Å². The van der Waals surface area contributed by atoms with Gasteiger partial charge in [-0.15, -0.1) is 13.2 Å². The Hall–Kier alpha value is -3.00. The monoisotopic (exact) mass is 476 g/mol. The number of aromatic nitrogens is 2. The summed E-state index contributed by atoms with van der Waals surface area (Å²) in [6.45, 7) is 0.483. The van der Waals surface area contributed by atoms with E-state index in [0.717, 1.165) is 31.2 Å². The van der Waals surface area contributed by atoms with Gasteiger partial charge in [-0.1, -0.05) is 55.1 Å². The highest BCUT2D eigenvalue weighted by molar-refractivity contribution is 6.30. The fourth-order valence-electron chi connectivity index (χ4n) is 3.87. The molecule has 0 bridgehead atoms. The molecule has 174 valence electrons. The summed E-state index contributed by atoms with van der Waals surface area (Å²) in [5, 5.41) is 7.30. The highest BCUT2D eigenvalue weighted by Crippen LogP contribution is 2.29. The van der Waals surface area contributed by atoms with Crippen LogP contribution in [0.4, 0.5) is 24.9 Å². The molecular weight excluding hydrogens is 453 g/mol. The zero-order valence-corrected chi connectivity index (χ0v) is 18.6. The van der Waals surface area contributed by atoms with E-state index in [4.69, 9.17) is 11.6 Å². The molecule has 0 radical (unpaired) electrons. The summed E-state index contributed by atoms with van der Waals surface area (Å²) in [4.78, 5) is 9.18. The number of hydrogen-bond acceptors (Lipinski definition) is 5. The molecule has 0 unspecified atom stereocenters. The molecule has 1 aliphatic carbocycles. The van der Waals surface area contributed by atoms with Crippen molar-refractivity contribution in [3.63, 3.8) is 0 Å². The van der Waals surface area contributed by atoms with Crippen LogP contribution in [-0.2, 0) is 6.54 Å². The number of rotatable bonds is 7. The average Bonchev–Trinajstić information content (AvgIpc) is 2.77. The molecule has 9 heteroatoms. The maximum Gasteiger partial charge on any atom is 0.573 e. The van der Waals surface area contributed by atoms with Crippen molar-refractivity contribution < 1.29 is 17.9 Å². The Labute approximate surface area is 195 Å². The van der Waals surface area contributed by atoms with Crippen molar-refractivity contribution in [2.24, 2.45) is 0 Å². The van der Waals surface area contributed by atoms with Crippen molar-refractivity contribution in [2.75, 3.05) is 10.6 Å². The molecule has 4 rings (SSSR count). The Morgan fingerprint density at radius 2 is 1.76 bits per heavy atom. The molecule has 1 aromatic heterocycles. The molecule has 0 amide bonds. The quantitative estimate of drug-likeness (QED) is 0.382. The molecule has 5 nitrogen and oxygen atoms in total. The second kappa shape index (κ2) is 10.3. The van der Waals surface area contributed by atoms with Crippen molar-refractivity contribution in [2.45, 2.75) is 51.1 Å². The van der Waals surface area contributed by atoms with E-state index in [-0.39, 0.29) is 11.8 Å². The van der Waals surface area contributed by atoms with E-state index in [9.17, 15) is 13.2 Å².